The van der Waals surface area contributed by atoms with Gasteiger partial charge in [-0.25, -0.2) is 9.59 Å². The third kappa shape index (κ3) is 232. The van der Waals surface area contributed by atoms with E-state index in [0.29, 0.717) is 12.0 Å². The van der Waals surface area contributed by atoms with E-state index >= 15 is 0 Å². The maximum atomic E-state index is 10.5. The summed E-state index contributed by atoms with van der Waals surface area (Å²) in [6.45, 7) is 23.6. The van der Waals surface area contributed by atoms with E-state index in [4.69, 9.17) is 29.4 Å². The van der Waals surface area contributed by atoms with Crippen LogP contribution >= 0.6 is 46.9 Å². The number of ketones is 2. The minimum absolute atomic E-state index is 0. The molecule has 0 saturated heterocycles. The molecule has 21 heteroatoms. The van der Waals surface area contributed by atoms with Crippen molar-refractivity contribution in [1.29, 1.82) is 0 Å². The molecule has 0 aliphatic heterocycles. The summed E-state index contributed by atoms with van der Waals surface area (Å²) < 4.78 is 0. The van der Waals surface area contributed by atoms with Crippen LogP contribution in [0.25, 0.3) is 0 Å². The molecule has 0 aromatic rings. The first-order valence-electron chi connectivity index (χ1n) is 15.2. The van der Waals surface area contributed by atoms with Crippen LogP contribution in [0.1, 0.15) is 90.0 Å². The van der Waals surface area contributed by atoms with E-state index in [1.165, 1.54) is 37.5 Å². The van der Waals surface area contributed by atoms with Gasteiger partial charge in [0.1, 0.15) is 24.9 Å². The molecule has 0 aromatic heterocycles. The number of nitrogens with zero attached hydrogens (tertiary/aromatic N) is 2. The van der Waals surface area contributed by atoms with Crippen LogP contribution in [0.5, 0.6) is 0 Å². The molecule has 1 radical (unpaired) electrons. The Labute approximate surface area is 362 Å². The van der Waals surface area contributed by atoms with Gasteiger partial charge in [0.2, 0.25) is 11.3 Å². The molecule has 0 rings (SSSR count). The Kier molecular flexibility index (Phi) is 194. The van der Waals surface area contributed by atoms with Crippen LogP contribution in [0.2, 0.25) is 0 Å². The number of aldehydes is 3. The number of nitrogens with one attached hydrogen (secondary N) is 2. The number of carbonyl (C=O) groups is 9. The molecule has 323 valence electrons. The van der Waals surface area contributed by atoms with Crippen LogP contribution in [0, 0.1) is 7.43 Å². The van der Waals surface area contributed by atoms with E-state index in [9.17, 15) is 24.0 Å². The second-order valence-electron chi connectivity index (χ2n) is 6.63. The van der Waals surface area contributed by atoms with E-state index in [-0.39, 0.29) is 72.9 Å². The van der Waals surface area contributed by atoms with Gasteiger partial charge < -0.3 is 52.5 Å². The molecule has 2 amide bonds. The van der Waals surface area contributed by atoms with Gasteiger partial charge in [-0.1, -0.05) is 61.5 Å². The molecule has 0 spiro atoms. The third-order valence-corrected chi connectivity index (χ3v) is 3.74. The fourth-order valence-corrected chi connectivity index (χ4v) is 0.891. The number of likely N-dealkylation sites (N-methyl/N-ethyl adjacent to an activating group) is 2. The minimum Gasteiger partial charge on any atom is -0.479 e. The first-order chi connectivity index (χ1) is 23.0. The van der Waals surface area contributed by atoms with Crippen LogP contribution in [0.3, 0.4) is 0 Å². The zero-order valence-corrected chi connectivity index (χ0v) is 45.3. The Balaban J connectivity index is -0.0000000235. The van der Waals surface area contributed by atoms with Gasteiger partial charge in [0.15, 0.2) is 11.6 Å². The van der Waals surface area contributed by atoms with Crippen LogP contribution in [0.15, 0.2) is 11.8 Å². The van der Waals surface area contributed by atoms with Gasteiger partial charge in [-0.2, -0.15) is 9.90 Å². The normalized spacial score (nSPS) is 7.26. The Hall–Kier alpha value is -1.02. The molecular formula is C32H80N4O11P5Y-. The predicted octanol–water partition coefficient (Wildman–Crippen LogP) is 7.25. The largest absolute Gasteiger partial charge is 0.479 e. The van der Waals surface area contributed by atoms with E-state index in [2.05, 4.69) is 29.1 Å². The van der Waals surface area contributed by atoms with Gasteiger partial charge in [-0.15, -0.1) is 0 Å². The van der Waals surface area contributed by atoms with Crippen molar-refractivity contribution in [2.45, 2.75) is 96.1 Å². The maximum absolute atomic E-state index is 10.5. The first-order valence-corrected chi connectivity index (χ1v) is 17.5. The monoisotopic (exact) mass is 940 g/mol. The summed E-state index contributed by atoms with van der Waals surface area (Å²) in [7, 11) is 17.4. The number of amides is 2. The molecule has 0 fully saturated rings. The average molecular weight is 941 g/mol. The van der Waals surface area contributed by atoms with Crippen LogP contribution in [-0.2, 0) is 56.7 Å². The number of allylic oxidation sites excluding steroid dienone is 2. The quantitative estimate of drug-likeness (QED) is 0.0702. The van der Waals surface area contributed by atoms with Crippen molar-refractivity contribution in [2.24, 2.45) is 0 Å². The molecule has 6 unspecified atom stereocenters. The van der Waals surface area contributed by atoms with E-state index < -0.39 is 17.5 Å². The summed E-state index contributed by atoms with van der Waals surface area (Å²) in [5, 5.41) is 20.1. The first kappa shape index (κ1) is 98.8. The van der Waals surface area contributed by atoms with Gasteiger partial charge in [0.05, 0.1) is 5.70 Å². The minimum atomic E-state index is -0.917. The van der Waals surface area contributed by atoms with Crippen molar-refractivity contribution in [1.82, 2.24) is 20.4 Å². The van der Waals surface area contributed by atoms with Crippen molar-refractivity contribution in [3.8, 4) is 0 Å². The van der Waals surface area contributed by atoms with Crippen molar-refractivity contribution >= 4 is 100 Å². The SMILES string of the molecule is C/C=C(\NC)C(C)=O.CC.CC.CC.CC.CC=O.CC=O.CN(C)C(=O)P.CN(C)C(=O)P.CNC(C=O)C(C)=O.O=C(O)P.O=C(O)P.P.[CH3-].[Y]. The number of rotatable bonds is 5. The zero-order valence-electron chi connectivity index (χ0n) is 36.4. The van der Waals surface area contributed by atoms with Gasteiger partial charge in [-0.05, 0) is 71.7 Å². The second-order valence-corrected chi connectivity index (χ2v) is 8.61. The molecule has 15 nitrogen and oxygen atoms in total. The van der Waals surface area contributed by atoms with E-state index in [1.807, 2.05) is 62.3 Å². The number of Topliss-reactive ketones (excluding diaryl/α,β-unsaturated/α-hetero) is 2. The molecule has 0 aromatic carbocycles. The van der Waals surface area contributed by atoms with E-state index in [0.717, 1.165) is 12.6 Å². The van der Waals surface area contributed by atoms with Gasteiger partial charge in [0.25, 0.3) is 0 Å². The fraction of sp³-hybridized carbons (Fsp3) is 0.625. The Bertz CT molecular complexity index is 770. The third-order valence-electron chi connectivity index (χ3n) is 2.70. The molecule has 53 heavy (non-hydrogen) atoms. The van der Waals surface area contributed by atoms with E-state index in [1.54, 1.807) is 66.8 Å². The summed E-state index contributed by atoms with van der Waals surface area (Å²) in [4.78, 5) is 89.3. The summed E-state index contributed by atoms with van der Waals surface area (Å²) in [5.41, 5.74) is -1.14. The standard InChI is InChI=1S/C6H11NO.C5H9NO2.2C3H8NOP.2C2H4O.4C2H6.2CH3O2P.CH3.H3P.Y/c1-4-6(7-3)5(2)8;1-4(8)5(3-7)6-2;2*1-4(2)3(5)6;2*1-2-3;4*1-2;2*2-1(3)4;;;/h4,7H,1-3H3;3,5-6H,1-2H3;2*6H2,1-2H3;2*2H,1H3;4*1-2H3;2*4H2,(H,2,3);2*1H3;/q;;;;;;;;;;;;-1;;/b6-4-;;;;;;;;;;;;;;. The van der Waals surface area contributed by atoms with Crippen LogP contribution in [0.4, 0.5) is 19.2 Å². The Morgan fingerprint density at radius 2 is 0.792 bits per heavy atom. The van der Waals surface area contributed by atoms with Crippen molar-refractivity contribution in [3.05, 3.63) is 19.2 Å². The number of hydrogen-bond acceptors (Lipinski definition) is 11. The number of carboxylic acid groups (broad SMARTS) is 2. The molecule has 4 N–H and O–H groups in total. The maximum Gasteiger partial charge on any atom is 0.317 e. The smallest absolute Gasteiger partial charge is 0.317 e. The summed E-state index contributed by atoms with van der Waals surface area (Å²) in [5.74, 6) is -0.0718. The van der Waals surface area contributed by atoms with Crippen molar-refractivity contribution in [2.75, 3.05) is 42.3 Å². The zero-order chi connectivity index (χ0) is 44.0. The molecule has 6 atom stereocenters. The Morgan fingerprint density at radius 3 is 0.792 bits per heavy atom. The van der Waals surface area contributed by atoms with Gasteiger partial charge in [0, 0.05) is 74.9 Å². The number of hydrogen-bond donors (Lipinski definition) is 4. The molecular weight excluding hydrogens is 860 g/mol. The van der Waals surface area contributed by atoms with Crippen LogP contribution in [-0.4, -0.2) is 121 Å². The number of carbonyl (C=O) groups excluding carboxylic acids is 7. The van der Waals surface area contributed by atoms with Crippen molar-refractivity contribution in [3.63, 3.8) is 0 Å². The fourth-order valence-electron chi connectivity index (χ4n) is 0.891. The topological polar surface area (TPSA) is 225 Å². The summed E-state index contributed by atoms with van der Waals surface area (Å²) in [6.07, 6.45) is 3.84. The van der Waals surface area contributed by atoms with Crippen molar-refractivity contribution < 1.29 is 86.1 Å². The predicted molar refractivity (Wildman–Crippen MR) is 243 cm³/mol. The molecule has 0 saturated carbocycles. The Morgan fingerprint density at radius 1 is 0.623 bits per heavy atom. The van der Waals surface area contributed by atoms with Crippen LogP contribution < -0.4 is 10.6 Å². The summed E-state index contributed by atoms with van der Waals surface area (Å²) >= 11 is 0. The average Bonchev–Trinajstić information content (AvgIpc) is 3.03. The molecule has 0 aliphatic rings. The van der Waals surface area contributed by atoms with Gasteiger partial charge >= 0.3 is 11.4 Å². The second kappa shape index (κ2) is 104. The molecule has 0 aliphatic carbocycles. The summed E-state index contributed by atoms with van der Waals surface area (Å²) in [6, 6.07) is -0.616. The van der Waals surface area contributed by atoms with Gasteiger partial charge in [-0.3, -0.25) is 19.2 Å². The molecule has 0 heterocycles. The molecule has 0 bridgehead atoms.